The van der Waals surface area contributed by atoms with Gasteiger partial charge in [0.15, 0.2) is 0 Å². The summed E-state index contributed by atoms with van der Waals surface area (Å²) < 4.78 is 7.07. The van der Waals surface area contributed by atoms with Crippen molar-refractivity contribution in [1.29, 1.82) is 5.26 Å². The molecule has 3 aromatic rings. The highest BCUT2D eigenvalue weighted by atomic mass is 16.5. The zero-order valence-corrected chi connectivity index (χ0v) is 15.1. The number of nitrogens with zero attached hydrogens (tertiary/aromatic N) is 2. The number of nitrogens with one attached hydrogen (secondary N) is 1. The SMILES string of the molecule is COc1ccc(-n2ccc(/C=C(\C#N)C(=O)Nc3ccc(C)cc3)c2)cc1. The van der Waals surface area contributed by atoms with Crippen molar-refractivity contribution in [1.82, 2.24) is 4.57 Å². The molecule has 0 spiro atoms. The molecule has 0 atom stereocenters. The van der Waals surface area contributed by atoms with E-state index in [1.165, 1.54) is 0 Å². The van der Waals surface area contributed by atoms with E-state index in [1.54, 1.807) is 13.2 Å². The lowest BCUT2D eigenvalue weighted by molar-refractivity contribution is -0.112. The van der Waals surface area contributed by atoms with E-state index in [1.807, 2.05) is 84.6 Å². The van der Waals surface area contributed by atoms with Gasteiger partial charge in [0.2, 0.25) is 0 Å². The lowest BCUT2D eigenvalue weighted by Gasteiger charge is -2.05. The maximum Gasteiger partial charge on any atom is 0.266 e. The van der Waals surface area contributed by atoms with Crippen molar-refractivity contribution in [3.05, 3.63) is 83.7 Å². The third-order valence-electron chi connectivity index (χ3n) is 4.07. The summed E-state index contributed by atoms with van der Waals surface area (Å²) in [4.78, 5) is 12.4. The van der Waals surface area contributed by atoms with Gasteiger partial charge in [-0.25, -0.2) is 0 Å². The second kappa shape index (κ2) is 8.07. The fourth-order valence-corrected chi connectivity index (χ4v) is 2.56. The monoisotopic (exact) mass is 357 g/mol. The summed E-state index contributed by atoms with van der Waals surface area (Å²) in [6.07, 6.45) is 5.31. The second-order valence-electron chi connectivity index (χ2n) is 6.04. The number of aromatic nitrogens is 1. The summed E-state index contributed by atoms with van der Waals surface area (Å²) >= 11 is 0. The first-order chi connectivity index (χ1) is 13.1. The number of anilines is 1. The van der Waals surface area contributed by atoms with Crippen molar-refractivity contribution in [2.45, 2.75) is 6.92 Å². The number of benzene rings is 2. The van der Waals surface area contributed by atoms with Crippen LogP contribution in [0.2, 0.25) is 0 Å². The lowest BCUT2D eigenvalue weighted by Crippen LogP contribution is -2.13. The molecule has 2 aromatic carbocycles. The molecule has 3 rings (SSSR count). The van der Waals surface area contributed by atoms with E-state index in [-0.39, 0.29) is 5.57 Å². The minimum Gasteiger partial charge on any atom is -0.497 e. The third kappa shape index (κ3) is 4.44. The zero-order chi connectivity index (χ0) is 19.2. The van der Waals surface area contributed by atoms with E-state index in [0.717, 1.165) is 22.6 Å². The summed E-state index contributed by atoms with van der Waals surface area (Å²) in [7, 11) is 1.62. The van der Waals surface area contributed by atoms with Crippen molar-refractivity contribution in [3.63, 3.8) is 0 Å². The maximum absolute atomic E-state index is 12.4. The molecule has 0 aliphatic heterocycles. The summed E-state index contributed by atoms with van der Waals surface area (Å²) in [6.45, 7) is 1.97. The molecule has 0 fully saturated rings. The molecule has 0 saturated heterocycles. The average Bonchev–Trinajstić information content (AvgIpc) is 3.16. The number of amides is 1. The first-order valence-corrected chi connectivity index (χ1v) is 8.41. The van der Waals surface area contributed by atoms with Crippen LogP contribution in [0.1, 0.15) is 11.1 Å². The zero-order valence-electron chi connectivity index (χ0n) is 15.1. The molecule has 0 saturated carbocycles. The topological polar surface area (TPSA) is 67.0 Å². The van der Waals surface area contributed by atoms with Gasteiger partial charge in [-0.15, -0.1) is 0 Å². The second-order valence-corrected chi connectivity index (χ2v) is 6.04. The van der Waals surface area contributed by atoms with E-state index in [4.69, 9.17) is 4.74 Å². The van der Waals surface area contributed by atoms with Crippen LogP contribution < -0.4 is 10.1 Å². The van der Waals surface area contributed by atoms with Crippen LogP contribution in [0.5, 0.6) is 5.75 Å². The normalized spacial score (nSPS) is 10.9. The molecule has 0 radical (unpaired) electrons. The number of nitriles is 1. The molecular weight excluding hydrogens is 338 g/mol. The van der Waals surface area contributed by atoms with Crippen molar-refractivity contribution in [2.24, 2.45) is 0 Å². The van der Waals surface area contributed by atoms with Crippen molar-refractivity contribution >= 4 is 17.7 Å². The van der Waals surface area contributed by atoms with Gasteiger partial charge in [-0.1, -0.05) is 17.7 Å². The van der Waals surface area contributed by atoms with Crippen molar-refractivity contribution in [2.75, 3.05) is 12.4 Å². The third-order valence-corrected chi connectivity index (χ3v) is 4.07. The number of rotatable bonds is 5. The van der Waals surface area contributed by atoms with Gasteiger partial charge in [0, 0.05) is 23.8 Å². The van der Waals surface area contributed by atoms with Gasteiger partial charge in [-0.3, -0.25) is 4.79 Å². The molecule has 1 N–H and O–H groups in total. The Bertz CT molecular complexity index is 1010. The van der Waals surface area contributed by atoms with Gasteiger partial charge in [0.05, 0.1) is 7.11 Å². The van der Waals surface area contributed by atoms with Crippen LogP contribution in [0, 0.1) is 18.3 Å². The number of hydrogen-bond acceptors (Lipinski definition) is 3. The number of carbonyl (C=O) groups is 1. The lowest BCUT2D eigenvalue weighted by atomic mass is 10.1. The predicted octanol–water partition coefficient (Wildman–Crippen LogP) is 4.34. The van der Waals surface area contributed by atoms with Crippen LogP contribution in [0.4, 0.5) is 5.69 Å². The predicted molar refractivity (Wildman–Crippen MR) is 106 cm³/mol. The number of aryl methyl sites for hydroxylation is 1. The summed E-state index contributed by atoms with van der Waals surface area (Å²) in [6, 6.07) is 18.9. The van der Waals surface area contributed by atoms with Crippen LogP contribution in [-0.4, -0.2) is 17.6 Å². The number of carbonyl (C=O) groups excluding carboxylic acids is 1. The summed E-state index contributed by atoms with van der Waals surface area (Å²) in [5, 5.41) is 12.1. The summed E-state index contributed by atoms with van der Waals surface area (Å²) in [5.74, 6) is 0.351. The smallest absolute Gasteiger partial charge is 0.266 e. The highest BCUT2D eigenvalue weighted by Crippen LogP contribution is 2.18. The molecule has 1 aromatic heterocycles. The highest BCUT2D eigenvalue weighted by molar-refractivity contribution is 6.09. The summed E-state index contributed by atoms with van der Waals surface area (Å²) in [5.41, 5.74) is 3.52. The molecule has 27 heavy (non-hydrogen) atoms. The molecule has 1 amide bonds. The fourth-order valence-electron chi connectivity index (χ4n) is 2.56. The molecule has 5 nitrogen and oxygen atoms in total. The van der Waals surface area contributed by atoms with E-state index in [9.17, 15) is 10.1 Å². The Kier molecular flexibility index (Phi) is 5.38. The van der Waals surface area contributed by atoms with Gasteiger partial charge >= 0.3 is 0 Å². The van der Waals surface area contributed by atoms with E-state index in [0.29, 0.717) is 5.69 Å². The minimum absolute atomic E-state index is 0.0445. The minimum atomic E-state index is -0.432. The van der Waals surface area contributed by atoms with E-state index < -0.39 is 5.91 Å². The van der Waals surface area contributed by atoms with Crippen LogP contribution in [0.15, 0.2) is 72.6 Å². The fraction of sp³-hybridized carbons (Fsp3) is 0.0909. The Labute approximate surface area is 158 Å². The van der Waals surface area contributed by atoms with Gasteiger partial charge in [0.1, 0.15) is 17.4 Å². The average molecular weight is 357 g/mol. The van der Waals surface area contributed by atoms with Gasteiger partial charge in [-0.05, 0) is 61.0 Å². The molecule has 134 valence electrons. The number of methoxy groups -OCH3 is 1. The highest BCUT2D eigenvalue weighted by Gasteiger charge is 2.10. The van der Waals surface area contributed by atoms with Gasteiger partial charge < -0.3 is 14.6 Å². The van der Waals surface area contributed by atoms with Gasteiger partial charge in [-0.2, -0.15) is 5.26 Å². The Morgan fingerprint density at radius 3 is 2.44 bits per heavy atom. The van der Waals surface area contributed by atoms with Gasteiger partial charge in [0.25, 0.3) is 5.91 Å². The quantitative estimate of drug-likeness (QED) is 0.545. The van der Waals surface area contributed by atoms with Crippen molar-refractivity contribution in [3.8, 4) is 17.5 Å². The van der Waals surface area contributed by atoms with Crippen LogP contribution in [0.3, 0.4) is 0 Å². The molecule has 0 unspecified atom stereocenters. The molecule has 1 heterocycles. The van der Waals surface area contributed by atoms with Crippen LogP contribution in [0.25, 0.3) is 11.8 Å². The molecule has 0 aliphatic rings. The Balaban J connectivity index is 1.77. The largest absolute Gasteiger partial charge is 0.497 e. The number of ether oxygens (including phenoxy) is 1. The Morgan fingerprint density at radius 1 is 1.11 bits per heavy atom. The Hall–Kier alpha value is -3.78. The first-order valence-electron chi connectivity index (χ1n) is 8.41. The standard InChI is InChI=1S/C22H19N3O2/c1-16-3-5-19(6-4-16)24-22(26)18(14-23)13-17-11-12-25(15-17)20-7-9-21(27-2)10-8-20/h3-13,15H,1-2H3,(H,24,26)/b18-13+. The Morgan fingerprint density at radius 2 is 1.81 bits per heavy atom. The molecular formula is C22H19N3O2. The van der Waals surface area contributed by atoms with Crippen LogP contribution >= 0.6 is 0 Å². The molecule has 0 aliphatic carbocycles. The van der Waals surface area contributed by atoms with E-state index in [2.05, 4.69) is 5.32 Å². The maximum atomic E-state index is 12.4. The number of hydrogen-bond donors (Lipinski definition) is 1. The van der Waals surface area contributed by atoms with Crippen LogP contribution in [-0.2, 0) is 4.79 Å². The van der Waals surface area contributed by atoms with E-state index >= 15 is 0 Å². The van der Waals surface area contributed by atoms with Crippen molar-refractivity contribution < 1.29 is 9.53 Å². The first kappa shape index (κ1) is 18.0. The molecule has 5 heteroatoms. The molecule has 0 bridgehead atoms.